The summed E-state index contributed by atoms with van der Waals surface area (Å²) in [4.78, 5) is 27.9. The molecule has 1 aromatic carbocycles. The van der Waals surface area contributed by atoms with E-state index in [4.69, 9.17) is 9.47 Å². The number of benzene rings is 1. The molecule has 0 saturated carbocycles. The fraction of sp³-hybridized carbons (Fsp3) is 0.517. The number of carbonyl (C=O) groups excluding carboxylic acids is 1. The second kappa shape index (κ2) is 12.8. The van der Waals surface area contributed by atoms with Gasteiger partial charge in [-0.05, 0) is 70.7 Å². The van der Waals surface area contributed by atoms with Crippen molar-refractivity contribution in [1.29, 1.82) is 0 Å². The van der Waals surface area contributed by atoms with Crippen LogP contribution in [-0.4, -0.2) is 77.2 Å². The topological polar surface area (TPSA) is 136 Å². The van der Waals surface area contributed by atoms with Crippen molar-refractivity contribution in [2.45, 2.75) is 77.4 Å². The number of nitrogens with one attached hydrogen (secondary N) is 2. The highest BCUT2D eigenvalue weighted by atomic mass is 32.2. The SMILES string of the molecule is Cc1nc(Oc2ccc(NS(=O)(=O)CC(F)(F)F)c3c2CCC3)c(-c2ccnc(N[C@H]3C[C@H](F)CN(C(=O)OC(C)(C)C)C3)n2)s1. The molecule has 0 unspecified atom stereocenters. The van der Waals surface area contributed by atoms with E-state index in [1.165, 1.54) is 34.6 Å². The second-order valence-corrected chi connectivity index (χ2v) is 15.1. The first-order valence-corrected chi connectivity index (χ1v) is 17.0. The van der Waals surface area contributed by atoms with Crippen molar-refractivity contribution < 1.29 is 40.2 Å². The van der Waals surface area contributed by atoms with Crippen LogP contribution >= 0.6 is 11.3 Å². The van der Waals surface area contributed by atoms with Gasteiger partial charge in [0.2, 0.25) is 21.9 Å². The van der Waals surface area contributed by atoms with Crippen LogP contribution in [0.5, 0.6) is 11.6 Å². The molecule has 0 radical (unpaired) electrons. The van der Waals surface area contributed by atoms with E-state index in [1.807, 2.05) is 0 Å². The summed E-state index contributed by atoms with van der Waals surface area (Å²) < 4.78 is 90.9. The third-order valence-corrected chi connectivity index (χ3v) is 9.26. The molecule has 3 heterocycles. The summed E-state index contributed by atoms with van der Waals surface area (Å²) in [6.07, 6.45) is -3.39. The summed E-state index contributed by atoms with van der Waals surface area (Å²) in [5.74, 6) is -1.12. The third-order valence-electron chi connectivity index (χ3n) is 7.04. The Bertz CT molecular complexity index is 1710. The van der Waals surface area contributed by atoms with Crippen molar-refractivity contribution >= 4 is 39.1 Å². The molecular formula is C29H34F4N6O5S2. The summed E-state index contributed by atoms with van der Waals surface area (Å²) in [6, 6.07) is 4.09. The largest absolute Gasteiger partial charge is 0.444 e. The molecule has 2 atom stereocenters. The van der Waals surface area contributed by atoms with Gasteiger partial charge in [-0.25, -0.2) is 32.6 Å². The van der Waals surface area contributed by atoms with Crippen molar-refractivity contribution in [2.75, 3.05) is 28.9 Å². The first-order valence-electron chi connectivity index (χ1n) is 14.5. The lowest BCUT2D eigenvalue weighted by atomic mass is 10.0. The van der Waals surface area contributed by atoms with Crippen LogP contribution in [0.15, 0.2) is 24.4 Å². The lowest BCUT2D eigenvalue weighted by Crippen LogP contribution is -2.51. The minimum absolute atomic E-state index is 0.0705. The number of hydrogen-bond donors (Lipinski definition) is 2. The Morgan fingerprint density at radius 3 is 2.57 bits per heavy atom. The van der Waals surface area contributed by atoms with Gasteiger partial charge in [-0.2, -0.15) is 13.2 Å². The maximum Gasteiger partial charge on any atom is 0.410 e. The predicted molar refractivity (Wildman–Crippen MR) is 165 cm³/mol. The Balaban J connectivity index is 1.34. The number of likely N-dealkylation sites (tertiary alicyclic amines) is 1. The van der Waals surface area contributed by atoms with Crippen molar-refractivity contribution in [3.05, 3.63) is 40.5 Å². The molecular weight excluding hydrogens is 652 g/mol. The molecule has 2 aliphatic rings. The lowest BCUT2D eigenvalue weighted by molar-refractivity contribution is -0.106. The Labute approximate surface area is 267 Å². The van der Waals surface area contributed by atoms with Crippen molar-refractivity contribution in [1.82, 2.24) is 19.9 Å². The highest BCUT2D eigenvalue weighted by Gasteiger charge is 2.36. The Morgan fingerprint density at radius 1 is 1.11 bits per heavy atom. The van der Waals surface area contributed by atoms with E-state index in [0.717, 1.165) is 0 Å². The first kappa shape index (κ1) is 33.6. The quantitative estimate of drug-likeness (QED) is 0.264. The van der Waals surface area contributed by atoms with Gasteiger partial charge in [-0.15, -0.1) is 11.3 Å². The number of sulfonamides is 1. The highest BCUT2D eigenvalue weighted by Crippen LogP contribution is 2.42. The number of thiazole rings is 1. The molecule has 46 heavy (non-hydrogen) atoms. The van der Waals surface area contributed by atoms with Gasteiger partial charge < -0.3 is 19.7 Å². The van der Waals surface area contributed by atoms with Gasteiger partial charge >= 0.3 is 12.3 Å². The Morgan fingerprint density at radius 2 is 1.85 bits per heavy atom. The van der Waals surface area contributed by atoms with Gasteiger partial charge in [0.05, 0.1) is 22.9 Å². The van der Waals surface area contributed by atoms with E-state index in [0.29, 0.717) is 51.7 Å². The molecule has 5 rings (SSSR count). The minimum Gasteiger partial charge on any atom is -0.444 e. The standard InChI is InChI=1S/C29H34F4N6O5S2/c1-16-35-25(43-23-9-8-21(19-6-5-7-20(19)23)38-46(41,42)15-29(31,32)33)24(45-16)22-10-11-34-26(37-22)36-18-12-17(30)13-39(14-18)27(40)44-28(2,3)4/h8-11,17-18,38H,5-7,12-15H2,1-4H3,(H,34,36,37)/t17-,18-/m0/s1. The van der Waals surface area contributed by atoms with Crippen molar-refractivity contribution in [3.8, 4) is 22.2 Å². The molecule has 1 aliphatic carbocycles. The number of anilines is 2. The predicted octanol–water partition coefficient (Wildman–Crippen LogP) is 6.25. The molecule has 1 amide bonds. The maximum absolute atomic E-state index is 14.6. The second-order valence-electron chi connectivity index (χ2n) is 12.2. The molecule has 3 aromatic rings. The number of nitrogens with zero attached hydrogens (tertiary/aromatic N) is 4. The number of carbonyl (C=O) groups is 1. The number of rotatable bonds is 8. The lowest BCUT2D eigenvalue weighted by Gasteiger charge is -2.36. The molecule has 2 N–H and O–H groups in total. The average Bonchev–Trinajstić information content (AvgIpc) is 3.55. The number of fused-ring (bicyclic) bond motifs is 1. The molecule has 2 aromatic heterocycles. The number of aryl methyl sites for hydroxylation is 1. The van der Waals surface area contributed by atoms with Crippen molar-refractivity contribution in [2.24, 2.45) is 0 Å². The zero-order valence-electron chi connectivity index (χ0n) is 25.6. The van der Waals surface area contributed by atoms with Crippen LogP contribution in [0.25, 0.3) is 10.6 Å². The summed E-state index contributed by atoms with van der Waals surface area (Å²) in [5.41, 5.74) is 1.10. The number of aromatic nitrogens is 3. The number of halogens is 4. The molecule has 250 valence electrons. The Hall–Kier alpha value is -3.73. The number of amides is 1. The van der Waals surface area contributed by atoms with Crippen LogP contribution in [0.2, 0.25) is 0 Å². The van der Waals surface area contributed by atoms with E-state index in [9.17, 15) is 30.8 Å². The molecule has 0 bridgehead atoms. The van der Waals surface area contributed by atoms with Gasteiger partial charge in [0, 0.05) is 30.8 Å². The smallest absolute Gasteiger partial charge is 0.410 e. The third kappa shape index (κ3) is 8.54. The van der Waals surface area contributed by atoms with Crippen LogP contribution in [0, 0.1) is 6.92 Å². The van der Waals surface area contributed by atoms with E-state index < -0.39 is 45.9 Å². The van der Waals surface area contributed by atoms with Crippen LogP contribution in [-0.2, 0) is 27.6 Å². The zero-order chi connectivity index (χ0) is 33.4. The molecule has 1 fully saturated rings. The number of alkyl halides is 4. The highest BCUT2D eigenvalue weighted by molar-refractivity contribution is 7.92. The molecule has 1 aliphatic heterocycles. The minimum atomic E-state index is -4.88. The number of ether oxygens (including phenoxy) is 2. The number of hydrogen-bond acceptors (Lipinski definition) is 10. The van der Waals surface area contributed by atoms with Gasteiger partial charge in [0.15, 0.2) is 5.75 Å². The van der Waals surface area contributed by atoms with Crippen LogP contribution < -0.4 is 14.8 Å². The number of piperidine rings is 1. The summed E-state index contributed by atoms with van der Waals surface area (Å²) in [6.45, 7) is 7.14. The molecule has 1 saturated heterocycles. The van der Waals surface area contributed by atoms with Gasteiger partial charge in [-0.3, -0.25) is 4.72 Å². The molecule has 0 spiro atoms. The molecule has 11 nitrogen and oxygen atoms in total. The fourth-order valence-electron chi connectivity index (χ4n) is 5.38. The summed E-state index contributed by atoms with van der Waals surface area (Å²) in [5, 5.41) is 3.80. The van der Waals surface area contributed by atoms with Gasteiger partial charge in [-0.1, -0.05) is 0 Å². The normalized spacial score (nSPS) is 18.7. The van der Waals surface area contributed by atoms with E-state index in [2.05, 4.69) is 25.0 Å². The summed E-state index contributed by atoms with van der Waals surface area (Å²) in [7, 11) is -4.65. The Kier molecular flexibility index (Phi) is 9.37. The van der Waals surface area contributed by atoms with Crippen LogP contribution in [0.3, 0.4) is 0 Å². The van der Waals surface area contributed by atoms with E-state index >= 15 is 0 Å². The van der Waals surface area contributed by atoms with E-state index in [1.54, 1.807) is 33.8 Å². The van der Waals surface area contributed by atoms with Gasteiger partial charge in [0.1, 0.15) is 22.4 Å². The maximum atomic E-state index is 14.6. The monoisotopic (exact) mass is 686 g/mol. The zero-order valence-corrected chi connectivity index (χ0v) is 27.2. The summed E-state index contributed by atoms with van der Waals surface area (Å²) >= 11 is 1.32. The average molecular weight is 687 g/mol. The van der Waals surface area contributed by atoms with Crippen molar-refractivity contribution in [3.63, 3.8) is 0 Å². The van der Waals surface area contributed by atoms with Crippen LogP contribution in [0.4, 0.5) is 34.0 Å². The van der Waals surface area contributed by atoms with Gasteiger partial charge in [0.25, 0.3) is 0 Å². The van der Waals surface area contributed by atoms with E-state index in [-0.39, 0.29) is 37.0 Å². The fourth-order valence-corrected chi connectivity index (χ4v) is 7.23. The first-order chi connectivity index (χ1) is 21.4. The molecule has 17 heteroatoms. The van der Waals surface area contributed by atoms with Crippen LogP contribution in [0.1, 0.15) is 49.7 Å².